The number of fused-ring (bicyclic) bond motifs is 2. The lowest BCUT2D eigenvalue weighted by Crippen LogP contribution is -2.48. The molecule has 30 heavy (non-hydrogen) atoms. The van der Waals surface area contributed by atoms with E-state index in [0.717, 1.165) is 31.6 Å². The minimum Gasteiger partial charge on any atom is -0.353 e. The standard InChI is InChI=1S/C23H32N4O3/c1-17-8-9-19-18(15-17)22(29)26-13-6-7-20(26)23(30)27(19)16-21(28)24-10-14-25-11-4-2-3-5-12-25/h8-9,15,20H,2-7,10-14,16H2,1H3,(H,24,28)/t20-/m0/s1. The van der Waals surface area contributed by atoms with Crippen LogP contribution in [0.4, 0.5) is 5.69 Å². The van der Waals surface area contributed by atoms with E-state index in [1.54, 1.807) is 11.0 Å². The van der Waals surface area contributed by atoms with Crippen molar-refractivity contribution in [3.8, 4) is 0 Å². The van der Waals surface area contributed by atoms with Crippen molar-refractivity contribution in [1.29, 1.82) is 0 Å². The Morgan fingerprint density at radius 1 is 1.07 bits per heavy atom. The number of nitrogens with zero attached hydrogens (tertiary/aromatic N) is 3. The maximum absolute atomic E-state index is 13.3. The molecule has 3 heterocycles. The Labute approximate surface area is 178 Å². The van der Waals surface area contributed by atoms with Crippen molar-refractivity contribution in [1.82, 2.24) is 15.1 Å². The van der Waals surface area contributed by atoms with Crippen molar-refractivity contribution < 1.29 is 14.4 Å². The molecular weight excluding hydrogens is 380 g/mol. The van der Waals surface area contributed by atoms with Crippen LogP contribution in [0.2, 0.25) is 0 Å². The maximum Gasteiger partial charge on any atom is 0.256 e. The summed E-state index contributed by atoms with van der Waals surface area (Å²) in [4.78, 5) is 44.6. The predicted octanol–water partition coefficient (Wildman–Crippen LogP) is 1.94. The monoisotopic (exact) mass is 412 g/mol. The zero-order chi connectivity index (χ0) is 21.1. The molecule has 2 fully saturated rings. The van der Waals surface area contributed by atoms with E-state index in [1.165, 1.54) is 30.6 Å². The van der Waals surface area contributed by atoms with Crippen LogP contribution in [0.5, 0.6) is 0 Å². The molecule has 3 aliphatic rings. The lowest BCUT2D eigenvalue weighted by molar-refractivity contribution is -0.125. The number of hydrogen-bond acceptors (Lipinski definition) is 4. The van der Waals surface area contributed by atoms with Gasteiger partial charge in [0.15, 0.2) is 0 Å². The molecule has 4 rings (SSSR count). The first-order valence-electron chi connectivity index (χ1n) is 11.3. The molecule has 3 aliphatic heterocycles. The average Bonchev–Trinajstić information content (AvgIpc) is 3.05. The van der Waals surface area contributed by atoms with Crippen molar-refractivity contribution in [3.05, 3.63) is 29.3 Å². The number of carbonyl (C=O) groups is 3. The summed E-state index contributed by atoms with van der Waals surface area (Å²) < 4.78 is 0. The summed E-state index contributed by atoms with van der Waals surface area (Å²) in [6, 6.07) is 5.05. The average molecular weight is 413 g/mol. The largest absolute Gasteiger partial charge is 0.353 e. The highest BCUT2D eigenvalue weighted by molar-refractivity contribution is 6.12. The Kier molecular flexibility index (Phi) is 6.37. The van der Waals surface area contributed by atoms with Crippen LogP contribution in [0.1, 0.15) is 54.4 Å². The van der Waals surface area contributed by atoms with Crippen LogP contribution in [-0.2, 0) is 9.59 Å². The molecule has 2 saturated heterocycles. The van der Waals surface area contributed by atoms with Gasteiger partial charge in [0.25, 0.3) is 5.91 Å². The molecule has 1 N–H and O–H groups in total. The van der Waals surface area contributed by atoms with E-state index in [4.69, 9.17) is 0 Å². The van der Waals surface area contributed by atoms with Crippen LogP contribution in [0.15, 0.2) is 18.2 Å². The highest BCUT2D eigenvalue weighted by Gasteiger charge is 2.42. The number of aryl methyl sites for hydroxylation is 1. The van der Waals surface area contributed by atoms with Crippen molar-refractivity contribution in [2.45, 2.75) is 51.5 Å². The van der Waals surface area contributed by atoms with E-state index in [2.05, 4.69) is 10.2 Å². The fourth-order valence-corrected chi connectivity index (χ4v) is 4.85. The number of hydrogen-bond donors (Lipinski definition) is 1. The van der Waals surface area contributed by atoms with Gasteiger partial charge in [0.2, 0.25) is 11.8 Å². The topological polar surface area (TPSA) is 73.0 Å². The molecule has 0 bridgehead atoms. The quantitative estimate of drug-likeness (QED) is 0.802. The molecule has 1 atom stereocenters. The number of benzene rings is 1. The SMILES string of the molecule is Cc1ccc2c(c1)C(=O)N1CCC[C@H]1C(=O)N2CC(=O)NCCN1CCCCCC1. The zero-order valence-corrected chi connectivity index (χ0v) is 17.9. The smallest absolute Gasteiger partial charge is 0.256 e. The molecule has 162 valence electrons. The van der Waals surface area contributed by atoms with Gasteiger partial charge in [-0.2, -0.15) is 0 Å². The Morgan fingerprint density at radius 3 is 2.60 bits per heavy atom. The third-order valence-corrected chi connectivity index (χ3v) is 6.49. The molecule has 0 aliphatic carbocycles. The van der Waals surface area contributed by atoms with Crippen LogP contribution >= 0.6 is 0 Å². The van der Waals surface area contributed by atoms with Crippen LogP contribution in [0, 0.1) is 6.92 Å². The molecule has 0 spiro atoms. The molecule has 3 amide bonds. The predicted molar refractivity (Wildman–Crippen MR) is 116 cm³/mol. The molecule has 7 nitrogen and oxygen atoms in total. The summed E-state index contributed by atoms with van der Waals surface area (Å²) >= 11 is 0. The van der Waals surface area contributed by atoms with Gasteiger partial charge < -0.3 is 20.0 Å². The Bertz CT molecular complexity index is 817. The summed E-state index contributed by atoms with van der Waals surface area (Å²) in [5.41, 5.74) is 2.03. The highest BCUT2D eigenvalue weighted by atomic mass is 16.2. The summed E-state index contributed by atoms with van der Waals surface area (Å²) in [6.45, 7) is 6.08. The molecule has 0 unspecified atom stereocenters. The number of nitrogens with one attached hydrogen (secondary N) is 1. The number of anilines is 1. The van der Waals surface area contributed by atoms with E-state index in [9.17, 15) is 14.4 Å². The van der Waals surface area contributed by atoms with Gasteiger partial charge in [0.1, 0.15) is 12.6 Å². The number of likely N-dealkylation sites (tertiary alicyclic amines) is 1. The van der Waals surface area contributed by atoms with E-state index < -0.39 is 6.04 Å². The van der Waals surface area contributed by atoms with Gasteiger partial charge >= 0.3 is 0 Å². The molecule has 7 heteroatoms. The summed E-state index contributed by atoms with van der Waals surface area (Å²) in [5.74, 6) is -0.427. The lowest BCUT2D eigenvalue weighted by Gasteiger charge is -2.26. The van der Waals surface area contributed by atoms with E-state index in [1.807, 2.05) is 19.1 Å². The number of carbonyl (C=O) groups excluding carboxylic acids is 3. The van der Waals surface area contributed by atoms with Crippen LogP contribution in [0.3, 0.4) is 0 Å². The molecule has 0 radical (unpaired) electrons. The van der Waals surface area contributed by atoms with E-state index in [0.29, 0.717) is 30.8 Å². The Hall–Kier alpha value is -2.41. The molecule has 0 saturated carbocycles. The van der Waals surface area contributed by atoms with Crippen LogP contribution in [-0.4, -0.2) is 72.8 Å². The second-order valence-corrected chi connectivity index (χ2v) is 8.71. The van der Waals surface area contributed by atoms with Gasteiger partial charge in [0.05, 0.1) is 11.3 Å². The van der Waals surface area contributed by atoms with E-state index >= 15 is 0 Å². The molecule has 1 aromatic rings. The molecule has 1 aromatic carbocycles. The minimum atomic E-state index is -0.463. The Morgan fingerprint density at radius 2 is 1.83 bits per heavy atom. The first-order valence-corrected chi connectivity index (χ1v) is 11.3. The normalized spacial score (nSPS) is 22.4. The summed E-state index contributed by atoms with van der Waals surface area (Å²) in [6.07, 6.45) is 6.49. The first-order chi connectivity index (χ1) is 14.5. The second kappa shape index (κ2) is 9.16. The third kappa shape index (κ3) is 4.36. The van der Waals surface area contributed by atoms with Gasteiger partial charge in [-0.3, -0.25) is 14.4 Å². The minimum absolute atomic E-state index is 0.0491. The number of amides is 3. The van der Waals surface area contributed by atoms with Crippen molar-refractivity contribution in [2.75, 3.05) is 44.2 Å². The second-order valence-electron chi connectivity index (χ2n) is 8.71. The zero-order valence-electron chi connectivity index (χ0n) is 17.9. The lowest BCUT2D eigenvalue weighted by atomic mass is 10.1. The van der Waals surface area contributed by atoms with Gasteiger partial charge in [-0.25, -0.2) is 0 Å². The van der Waals surface area contributed by atoms with Gasteiger partial charge in [-0.15, -0.1) is 0 Å². The van der Waals surface area contributed by atoms with Crippen LogP contribution in [0.25, 0.3) is 0 Å². The van der Waals surface area contributed by atoms with Crippen molar-refractivity contribution >= 4 is 23.4 Å². The van der Waals surface area contributed by atoms with Gasteiger partial charge in [-0.05, 0) is 57.8 Å². The fraction of sp³-hybridized carbons (Fsp3) is 0.609. The highest BCUT2D eigenvalue weighted by Crippen LogP contribution is 2.32. The summed E-state index contributed by atoms with van der Waals surface area (Å²) in [5, 5.41) is 2.98. The fourth-order valence-electron chi connectivity index (χ4n) is 4.85. The number of rotatable bonds is 5. The maximum atomic E-state index is 13.3. The van der Waals surface area contributed by atoms with Crippen molar-refractivity contribution in [3.63, 3.8) is 0 Å². The first kappa shape index (κ1) is 20.8. The summed E-state index contributed by atoms with van der Waals surface area (Å²) in [7, 11) is 0. The van der Waals surface area contributed by atoms with Gasteiger partial charge in [0, 0.05) is 19.6 Å². The van der Waals surface area contributed by atoms with Gasteiger partial charge in [-0.1, -0.05) is 24.5 Å². The third-order valence-electron chi connectivity index (χ3n) is 6.49. The van der Waals surface area contributed by atoms with E-state index in [-0.39, 0.29) is 24.3 Å². The molecule has 0 aromatic heterocycles. The van der Waals surface area contributed by atoms with Crippen LogP contribution < -0.4 is 10.2 Å². The Balaban J connectivity index is 1.45. The molecular formula is C23H32N4O3. The van der Waals surface area contributed by atoms with Crippen molar-refractivity contribution in [2.24, 2.45) is 0 Å².